The number of rotatable bonds is 29. The Balaban J connectivity index is 0.00000121. The zero-order valence-corrected chi connectivity index (χ0v) is 58.8. The highest BCUT2D eigenvalue weighted by Gasteiger charge is 2.13. The number of aldehydes is 1. The standard InChI is InChI=1S/C21H24O7.C17H16O5.C11H14O4.C10H12O4.C9H10O3.C2H5ClO.CH4O.ClH/c1-23-13-27-18-9-6-15(11-20(18)25-3)5-8-17(22)16-7-10-19(28-14-24-2)21(12-16)26-4;1-21-16-9-11(4-7-14(16)19)3-6-13(18)12-5-8-15(20)17(10-12)22-2;1-8(12)9-4-5-10(7-15-14-3)11(6-9)13-2;1-12-7-14-9-4-3-8(6-11)5-10(9)13-2;1-6(10)7-3-4-8(11)9(5-7)12-2;1-4-2-3;1-2;/h5-12H,13-14H2,1-4H3;3-10,19-20H,1-2H3;4-6H,7H2,1-3H3;3-6H,7H2,1-2H3;3-5,11H,1-2H3;2H2,1H3;2H,1H3;1H/b8-5+;6-3+;;;;;;. The van der Waals surface area contributed by atoms with Crippen LogP contribution in [0.25, 0.3) is 12.2 Å². The summed E-state index contributed by atoms with van der Waals surface area (Å²) >= 11 is 4.96. The van der Waals surface area contributed by atoms with Crippen molar-refractivity contribution in [2.24, 2.45) is 0 Å². The number of Topliss-reactive ketones (excluding diaryl/α,β-unsaturated/α-hetero) is 2. The molecular formula is C71H86Cl2O25. The van der Waals surface area contributed by atoms with E-state index in [0.717, 1.165) is 24.5 Å². The first-order valence-corrected chi connectivity index (χ1v) is 29.0. The lowest BCUT2D eigenvalue weighted by atomic mass is 10.1. The zero-order chi connectivity index (χ0) is 72.7. The zero-order valence-electron chi connectivity index (χ0n) is 57.2. The van der Waals surface area contributed by atoms with Gasteiger partial charge in [0.15, 0.2) is 113 Å². The first-order chi connectivity index (χ1) is 46.7. The minimum absolute atomic E-state index is 0. The van der Waals surface area contributed by atoms with E-state index in [9.17, 15) is 39.3 Å². The summed E-state index contributed by atoms with van der Waals surface area (Å²) in [6.45, 7) is 3.63. The van der Waals surface area contributed by atoms with Gasteiger partial charge >= 0.3 is 0 Å². The molecule has 0 aliphatic carbocycles. The highest BCUT2D eigenvalue weighted by atomic mass is 35.5. The first-order valence-electron chi connectivity index (χ1n) is 28.5. The number of alkyl halides is 1. The summed E-state index contributed by atoms with van der Waals surface area (Å²) in [4.78, 5) is 66.4. The van der Waals surface area contributed by atoms with Crippen LogP contribution in [-0.2, 0) is 35.3 Å². The second-order valence-electron chi connectivity index (χ2n) is 18.5. The Morgan fingerprint density at radius 2 is 0.694 bits per heavy atom. The summed E-state index contributed by atoms with van der Waals surface area (Å²) in [7, 11) is 19.0. The van der Waals surface area contributed by atoms with Gasteiger partial charge in [0.2, 0.25) is 0 Å². The quantitative estimate of drug-likeness (QED) is 0.00644. The van der Waals surface area contributed by atoms with Gasteiger partial charge in [0.25, 0.3) is 0 Å². The number of aliphatic hydroxyl groups is 1. The first kappa shape index (κ1) is 88.1. The number of phenolic OH excluding ortho intramolecular Hbond substituents is 3. The van der Waals surface area contributed by atoms with Crippen molar-refractivity contribution in [1.29, 1.82) is 0 Å². The Bertz CT molecular complexity index is 3570. The largest absolute Gasteiger partial charge is 0.504 e. The van der Waals surface area contributed by atoms with Gasteiger partial charge in [-0.2, -0.15) is 0 Å². The maximum Gasteiger partial charge on any atom is 0.188 e. The normalized spacial score (nSPS) is 9.89. The number of phenols is 3. The van der Waals surface area contributed by atoms with Crippen molar-refractivity contribution in [3.05, 3.63) is 184 Å². The lowest BCUT2D eigenvalue weighted by molar-refractivity contribution is -0.282. The number of allylic oxidation sites excluding steroid dienone is 2. The van der Waals surface area contributed by atoms with Crippen molar-refractivity contribution in [3.63, 3.8) is 0 Å². The predicted octanol–water partition coefficient (Wildman–Crippen LogP) is 12.5. The summed E-state index contributed by atoms with van der Waals surface area (Å²) in [5, 5.41) is 35.2. The van der Waals surface area contributed by atoms with Crippen LogP contribution in [0.3, 0.4) is 0 Å². The van der Waals surface area contributed by atoms with E-state index in [1.807, 2.05) is 6.07 Å². The Morgan fingerprint density at radius 1 is 0.388 bits per heavy atom. The minimum atomic E-state index is -0.231. The van der Waals surface area contributed by atoms with Gasteiger partial charge in [-0.3, -0.25) is 24.0 Å². The molecule has 0 saturated heterocycles. The number of hydrogen-bond donors (Lipinski definition) is 4. The number of aliphatic hydroxyl groups excluding tert-OH is 1. The molecule has 0 radical (unpaired) electrons. The molecule has 0 bridgehead atoms. The van der Waals surface area contributed by atoms with Crippen LogP contribution in [0.2, 0.25) is 0 Å². The van der Waals surface area contributed by atoms with Gasteiger partial charge in [-0.15, -0.1) is 12.4 Å². The summed E-state index contributed by atoms with van der Waals surface area (Å²) in [5.74, 6) is 4.28. The van der Waals surface area contributed by atoms with Gasteiger partial charge in [-0.1, -0.05) is 48.0 Å². The molecule has 534 valence electrons. The van der Waals surface area contributed by atoms with Crippen LogP contribution in [0.5, 0.6) is 74.7 Å². The average molecular weight is 1410 g/mol. The van der Waals surface area contributed by atoms with Crippen LogP contribution < -0.4 is 47.4 Å². The predicted molar refractivity (Wildman–Crippen MR) is 371 cm³/mol. The van der Waals surface area contributed by atoms with Gasteiger partial charge in [0.1, 0.15) is 24.7 Å². The van der Waals surface area contributed by atoms with Gasteiger partial charge in [-0.05, 0) is 140 Å². The molecule has 7 aromatic rings. The maximum absolute atomic E-state index is 12.5. The third kappa shape index (κ3) is 31.7. The number of benzene rings is 7. The number of hydrogen-bond acceptors (Lipinski definition) is 25. The smallest absolute Gasteiger partial charge is 0.188 e. The van der Waals surface area contributed by atoms with Crippen molar-refractivity contribution in [3.8, 4) is 74.7 Å². The molecule has 25 nitrogen and oxygen atoms in total. The average Bonchev–Trinajstić information content (AvgIpc) is 0.903. The molecule has 98 heavy (non-hydrogen) atoms. The van der Waals surface area contributed by atoms with Gasteiger partial charge in [-0.25, -0.2) is 9.78 Å². The van der Waals surface area contributed by atoms with E-state index in [2.05, 4.69) is 9.62 Å². The van der Waals surface area contributed by atoms with E-state index in [1.165, 1.54) is 119 Å². The summed E-state index contributed by atoms with van der Waals surface area (Å²) < 4.78 is 70.4. The molecule has 0 amide bonds. The minimum Gasteiger partial charge on any atom is -0.504 e. The van der Waals surface area contributed by atoms with Crippen molar-refractivity contribution in [2.75, 3.05) is 119 Å². The molecule has 4 N–H and O–H groups in total. The second kappa shape index (κ2) is 51.4. The highest BCUT2D eigenvalue weighted by molar-refractivity contribution is 6.17. The van der Waals surface area contributed by atoms with Crippen LogP contribution in [0.15, 0.2) is 140 Å². The van der Waals surface area contributed by atoms with Gasteiger partial charge in [0, 0.05) is 68.9 Å². The number of halogens is 2. The molecule has 0 aliphatic rings. The summed E-state index contributed by atoms with van der Waals surface area (Å²) in [6.07, 6.45) is 6.95. The van der Waals surface area contributed by atoms with Crippen LogP contribution in [0.1, 0.15) is 82.3 Å². The fraction of sp³-hybridized carbons (Fsp3) is 0.282. The molecule has 0 aromatic heterocycles. The SMILES string of the molecule is CO.COCCl.COCOc1ccc(/C=C/C(=O)c2ccc(OCOC)c(OC)c2)cc1OC.COCOc1ccc(C=O)cc1OC.COOCc1ccc(C(C)=O)cc1OC.COc1cc(/C=C/C(=O)c2ccc(O)c(OC)c2)ccc1O.COc1cc(C(C)=O)ccc1O.Cl. The van der Waals surface area contributed by atoms with E-state index in [4.69, 9.17) is 83.2 Å². The van der Waals surface area contributed by atoms with E-state index in [1.54, 1.807) is 126 Å². The lowest BCUT2D eigenvalue weighted by Gasteiger charge is -2.11. The number of ether oxygens (including phenoxy) is 14. The fourth-order valence-electron chi connectivity index (χ4n) is 7.36. The Labute approximate surface area is 581 Å². The number of aromatic hydroxyl groups is 3. The molecule has 27 heteroatoms. The maximum atomic E-state index is 12.5. The van der Waals surface area contributed by atoms with E-state index in [0.29, 0.717) is 91.2 Å². The molecule has 0 spiro atoms. The van der Waals surface area contributed by atoms with Gasteiger partial charge in [0.05, 0.1) is 56.9 Å². The van der Waals surface area contributed by atoms with E-state index < -0.39 is 0 Å². The fourth-order valence-corrected chi connectivity index (χ4v) is 7.36. The molecule has 0 atom stereocenters. The molecule has 0 unspecified atom stereocenters. The molecule has 0 aliphatic heterocycles. The number of carbonyl (C=O) groups is 5. The lowest BCUT2D eigenvalue weighted by Crippen LogP contribution is -2.02. The summed E-state index contributed by atoms with van der Waals surface area (Å²) in [6, 6.07) is 34.4. The number of ketones is 4. The van der Waals surface area contributed by atoms with Gasteiger partial charge < -0.3 is 86.7 Å². The molecule has 0 fully saturated rings. The molecule has 0 heterocycles. The Hall–Kier alpha value is -9.93. The molecule has 7 aromatic carbocycles. The number of methoxy groups -OCH3 is 11. The highest BCUT2D eigenvalue weighted by Crippen LogP contribution is 2.33. The number of carbonyl (C=O) groups excluding carboxylic acids is 5. The van der Waals surface area contributed by atoms with E-state index >= 15 is 0 Å². The van der Waals surface area contributed by atoms with Crippen molar-refractivity contribution >= 4 is 65.6 Å². The van der Waals surface area contributed by atoms with Crippen molar-refractivity contribution in [2.45, 2.75) is 20.5 Å². The monoisotopic (exact) mass is 1410 g/mol. The molecular weight excluding hydrogens is 1320 g/mol. The second-order valence-corrected chi connectivity index (χ2v) is 18.7. The topological polar surface area (TPSA) is 314 Å². The third-order valence-corrected chi connectivity index (χ3v) is 12.4. The van der Waals surface area contributed by atoms with Crippen molar-refractivity contribution in [1.82, 2.24) is 0 Å². The van der Waals surface area contributed by atoms with Crippen molar-refractivity contribution < 1.29 is 120 Å². The van der Waals surface area contributed by atoms with Crippen LogP contribution in [-0.4, -0.2) is 169 Å². The summed E-state index contributed by atoms with van der Waals surface area (Å²) in [5.41, 5.74) is 4.92. The van der Waals surface area contributed by atoms with E-state index in [-0.39, 0.29) is 85.5 Å². The van der Waals surface area contributed by atoms with Crippen LogP contribution in [0, 0.1) is 0 Å². The molecule has 7 rings (SSSR count). The Morgan fingerprint density at radius 3 is 1.08 bits per heavy atom. The van der Waals surface area contributed by atoms with Crippen LogP contribution in [0.4, 0.5) is 0 Å². The third-order valence-electron chi connectivity index (χ3n) is 12.2. The Kier molecular flexibility index (Phi) is 46.2. The van der Waals surface area contributed by atoms with Crippen LogP contribution >= 0.6 is 24.0 Å². The molecule has 0 saturated carbocycles.